The Kier molecular flexibility index (Phi) is 5.35. The van der Waals surface area contributed by atoms with E-state index in [9.17, 15) is 14.0 Å². The Labute approximate surface area is 174 Å². The quantitative estimate of drug-likeness (QED) is 0.671. The summed E-state index contributed by atoms with van der Waals surface area (Å²) in [7, 11) is 0. The lowest BCUT2D eigenvalue weighted by atomic mass is 10.1. The van der Waals surface area contributed by atoms with E-state index in [2.05, 4.69) is 5.10 Å². The van der Waals surface area contributed by atoms with E-state index in [4.69, 9.17) is 0 Å². The van der Waals surface area contributed by atoms with Gasteiger partial charge in [-0.1, -0.05) is 12.1 Å². The molecular formula is C23H23FN4O2. The number of hydrogen-bond acceptors (Lipinski definition) is 3. The number of aryl methyl sites for hydroxylation is 1. The third kappa shape index (κ3) is 3.83. The molecule has 0 atom stereocenters. The molecule has 0 unspecified atom stereocenters. The molecule has 1 fully saturated rings. The van der Waals surface area contributed by atoms with Crippen LogP contribution in [0, 0.1) is 19.7 Å². The number of rotatable bonds is 3. The number of nitrogens with zero attached hydrogens (tertiary/aromatic N) is 4. The van der Waals surface area contributed by atoms with Crippen LogP contribution in [0.1, 0.15) is 32.0 Å². The van der Waals surface area contributed by atoms with Gasteiger partial charge in [-0.25, -0.2) is 9.07 Å². The molecule has 6 nitrogen and oxygen atoms in total. The van der Waals surface area contributed by atoms with Crippen LogP contribution in [0.25, 0.3) is 5.69 Å². The zero-order valence-corrected chi connectivity index (χ0v) is 17.0. The van der Waals surface area contributed by atoms with Gasteiger partial charge in [0.25, 0.3) is 11.8 Å². The van der Waals surface area contributed by atoms with E-state index < -0.39 is 0 Å². The van der Waals surface area contributed by atoms with Crippen LogP contribution in [-0.2, 0) is 0 Å². The van der Waals surface area contributed by atoms with E-state index >= 15 is 0 Å². The standard InChI is InChI=1S/C23H23FN4O2/c1-16-4-3-5-20(14-16)28-17(2)21(15-25-28)23(30)27-12-10-26(11-13-27)22(29)18-6-8-19(24)9-7-18/h3-9,14-15H,10-13H2,1-2H3. The highest BCUT2D eigenvalue weighted by Gasteiger charge is 2.27. The van der Waals surface area contributed by atoms with Crippen molar-refractivity contribution < 1.29 is 14.0 Å². The molecule has 1 aromatic heterocycles. The van der Waals surface area contributed by atoms with E-state index in [-0.39, 0.29) is 17.6 Å². The van der Waals surface area contributed by atoms with Gasteiger partial charge in [-0.2, -0.15) is 5.10 Å². The lowest BCUT2D eigenvalue weighted by Crippen LogP contribution is -2.50. The first kappa shape index (κ1) is 19.8. The summed E-state index contributed by atoms with van der Waals surface area (Å²) in [5.74, 6) is -0.602. The number of benzene rings is 2. The molecule has 2 amide bonds. The summed E-state index contributed by atoms with van der Waals surface area (Å²) >= 11 is 0. The molecular weight excluding hydrogens is 383 g/mol. The summed E-state index contributed by atoms with van der Waals surface area (Å²) in [5.41, 5.74) is 3.84. The van der Waals surface area contributed by atoms with Gasteiger partial charge >= 0.3 is 0 Å². The molecule has 0 saturated carbocycles. The van der Waals surface area contributed by atoms with Crippen LogP contribution in [0.5, 0.6) is 0 Å². The first-order chi connectivity index (χ1) is 14.4. The second kappa shape index (κ2) is 8.10. The van der Waals surface area contributed by atoms with Gasteiger partial charge in [0.05, 0.1) is 23.1 Å². The summed E-state index contributed by atoms with van der Waals surface area (Å²) in [5, 5.41) is 4.41. The van der Waals surface area contributed by atoms with Crippen molar-refractivity contribution in [3.8, 4) is 5.69 Å². The van der Waals surface area contributed by atoms with Crippen molar-refractivity contribution in [3.05, 3.63) is 82.9 Å². The van der Waals surface area contributed by atoms with Gasteiger partial charge in [-0.3, -0.25) is 9.59 Å². The van der Waals surface area contributed by atoms with Gasteiger partial charge in [0, 0.05) is 31.7 Å². The molecule has 0 spiro atoms. The molecule has 3 aromatic rings. The third-order valence-electron chi connectivity index (χ3n) is 5.43. The SMILES string of the molecule is Cc1cccc(-n2ncc(C(=O)N3CCN(C(=O)c4ccc(F)cc4)CC3)c2C)c1. The van der Waals surface area contributed by atoms with Crippen molar-refractivity contribution in [2.75, 3.05) is 26.2 Å². The highest BCUT2D eigenvalue weighted by atomic mass is 19.1. The fraction of sp³-hybridized carbons (Fsp3) is 0.261. The monoisotopic (exact) mass is 406 g/mol. The van der Waals surface area contributed by atoms with Crippen molar-refractivity contribution in [2.24, 2.45) is 0 Å². The topological polar surface area (TPSA) is 58.4 Å². The molecule has 154 valence electrons. The number of piperazine rings is 1. The Bertz CT molecular complexity index is 1080. The zero-order valence-electron chi connectivity index (χ0n) is 17.0. The number of halogens is 1. The fourth-order valence-corrected chi connectivity index (χ4v) is 3.70. The van der Waals surface area contributed by atoms with E-state index in [0.717, 1.165) is 16.9 Å². The molecule has 2 heterocycles. The molecule has 0 N–H and O–H groups in total. The van der Waals surface area contributed by atoms with Crippen molar-refractivity contribution in [1.82, 2.24) is 19.6 Å². The Morgan fingerprint density at radius 2 is 1.53 bits per heavy atom. The normalized spacial score (nSPS) is 14.1. The molecule has 1 saturated heterocycles. The van der Waals surface area contributed by atoms with E-state index in [1.54, 1.807) is 20.7 Å². The minimum absolute atomic E-state index is 0.0831. The molecule has 30 heavy (non-hydrogen) atoms. The molecule has 1 aliphatic heterocycles. The largest absolute Gasteiger partial charge is 0.335 e. The molecule has 2 aromatic carbocycles. The van der Waals surface area contributed by atoms with E-state index in [1.165, 1.54) is 24.3 Å². The molecule has 4 rings (SSSR count). The van der Waals surface area contributed by atoms with E-state index in [0.29, 0.717) is 37.3 Å². The Balaban J connectivity index is 1.43. The first-order valence-corrected chi connectivity index (χ1v) is 9.90. The maximum Gasteiger partial charge on any atom is 0.257 e. The Morgan fingerprint density at radius 1 is 0.900 bits per heavy atom. The summed E-state index contributed by atoms with van der Waals surface area (Å²) in [6.45, 7) is 5.67. The van der Waals surface area contributed by atoms with Crippen LogP contribution in [0.3, 0.4) is 0 Å². The first-order valence-electron chi connectivity index (χ1n) is 9.90. The van der Waals surface area contributed by atoms with Crippen molar-refractivity contribution in [2.45, 2.75) is 13.8 Å². The molecule has 0 bridgehead atoms. The Morgan fingerprint density at radius 3 is 2.17 bits per heavy atom. The van der Waals surface area contributed by atoms with Gasteiger partial charge in [0.1, 0.15) is 5.82 Å². The summed E-state index contributed by atoms with van der Waals surface area (Å²) in [6, 6.07) is 13.5. The lowest BCUT2D eigenvalue weighted by Gasteiger charge is -2.34. The van der Waals surface area contributed by atoms with Crippen molar-refractivity contribution in [1.29, 1.82) is 0 Å². The number of carbonyl (C=O) groups is 2. The minimum Gasteiger partial charge on any atom is -0.335 e. The van der Waals surface area contributed by atoms with Gasteiger partial charge < -0.3 is 9.80 Å². The maximum atomic E-state index is 13.1. The second-order valence-electron chi connectivity index (χ2n) is 7.49. The zero-order chi connectivity index (χ0) is 21.3. The van der Waals surface area contributed by atoms with Gasteiger partial charge in [0.2, 0.25) is 0 Å². The van der Waals surface area contributed by atoms with Crippen LogP contribution < -0.4 is 0 Å². The summed E-state index contributed by atoms with van der Waals surface area (Å²) in [6.07, 6.45) is 1.61. The van der Waals surface area contributed by atoms with Gasteiger partial charge in [-0.05, 0) is 55.8 Å². The van der Waals surface area contributed by atoms with Crippen LogP contribution in [0.4, 0.5) is 4.39 Å². The average Bonchev–Trinajstić information content (AvgIpc) is 3.14. The predicted molar refractivity (Wildman–Crippen MR) is 111 cm³/mol. The third-order valence-corrected chi connectivity index (χ3v) is 5.43. The number of amides is 2. The highest BCUT2D eigenvalue weighted by molar-refractivity contribution is 5.96. The Hall–Kier alpha value is -3.48. The number of aromatic nitrogens is 2. The van der Waals surface area contributed by atoms with Crippen LogP contribution >= 0.6 is 0 Å². The maximum absolute atomic E-state index is 13.1. The van der Waals surface area contributed by atoms with Crippen LogP contribution in [-0.4, -0.2) is 57.6 Å². The molecule has 0 aliphatic carbocycles. The van der Waals surface area contributed by atoms with Gasteiger partial charge in [-0.15, -0.1) is 0 Å². The predicted octanol–water partition coefficient (Wildman–Crippen LogP) is 3.23. The van der Waals surface area contributed by atoms with Crippen LogP contribution in [0.15, 0.2) is 54.7 Å². The minimum atomic E-state index is -0.372. The van der Waals surface area contributed by atoms with E-state index in [1.807, 2.05) is 38.1 Å². The molecule has 0 radical (unpaired) electrons. The average molecular weight is 406 g/mol. The fourth-order valence-electron chi connectivity index (χ4n) is 3.70. The summed E-state index contributed by atoms with van der Waals surface area (Å²) < 4.78 is 14.9. The van der Waals surface area contributed by atoms with Gasteiger partial charge in [0.15, 0.2) is 0 Å². The van der Waals surface area contributed by atoms with Crippen molar-refractivity contribution >= 4 is 11.8 Å². The molecule has 7 heteroatoms. The smallest absolute Gasteiger partial charge is 0.257 e. The lowest BCUT2D eigenvalue weighted by molar-refractivity contribution is 0.0535. The second-order valence-corrected chi connectivity index (χ2v) is 7.49. The van der Waals surface area contributed by atoms with Crippen LogP contribution in [0.2, 0.25) is 0 Å². The summed E-state index contributed by atoms with van der Waals surface area (Å²) in [4.78, 5) is 29.1. The van der Waals surface area contributed by atoms with Crippen molar-refractivity contribution in [3.63, 3.8) is 0 Å². The highest BCUT2D eigenvalue weighted by Crippen LogP contribution is 2.18. The number of hydrogen-bond donors (Lipinski definition) is 0. The molecule has 1 aliphatic rings. The number of carbonyl (C=O) groups excluding carboxylic acids is 2.